The first-order chi connectivity index (χ1) is 9.75. The molecule has 0 saturated carbocycles. The van der Waals surface area contributed by atoms with Gasteiger partial charge in [-0.05, 0) is 13.0 Å². The number of carbonyl (C=O) groups excluding carboxylic acids is 1. The highest BCUT2D eigenvalue weighted by Crippen LogP contribution is 2.27. The number of carbonyl (C=O) groups is 1. The predicted octanol–water partition coefficient (Wildman–Crippen LogP) is 3.10. The molecule has 0 fully saturated rings. The lowest BCUT2D eigenvalue weighted by Gasteiger charge is -2.10. The highest BCUT2D eigenvalue weighted by atomic mass is 19.2. The van der Waals surface area contributed by atoms with Gasteiger partial charge < -0.3 is 10.6 Å². The number of halogens is 5. The molecule has 0 heterocycles. The van der Waals surface area contributed by atoms with Crippen molar-refractivity contribution >= 4 is 11.6 Å². The maximum absolute atomic E-state index is 13.3. The molecular formula is C13H15F5N2O. The van der Waals surface area contributed by atoms with Crippen LogP contribution in [-0.4, -0.2) is 18.5 Å². The lowest BCUT2D eigenvalue weighted by Crippen LogP contribution is -2.25. The number of benzene rings is 1. The van der Waals surface area contributed by atoms with Crippen LogP contribution in [0.3, 0.4) is 0 Å². The summed E-state index contributed by atoms with van der Waals surface area (Å²) in [6, 6.07) is 0.211. The zero-order chi connectivity index (χ0) is 16.2. The Labute approximate surface area is 118 Å². The van der Waals surface area contributed by atoms with Gasteiger partial charge in [0.05, 0.1) is 0 Å². The van der Waals surface area contributed by atoms with Gasteiger partial charge in [-0.15, -0.1) is 0 Å². The third-order valence-electron chi connectivity index (χ3n) is 2.61. The number of anilines is 1. The van der Waals surface area contributed by atoms with E-state index in [0.29, 0.717) is 13.0 Å². The molecule has 1 aromatic rings. The van der Waals surface area contributed by atoms with Crippen LogP contribution < -0.4 is 10.6 Å². The summed E-state index contributed by atoms with van der Waals surface area (Å²) in [6.45, 7) is 4.28. The fourth-order valence-electron chi connectivity index (χ4n) is 1.56. The van der Waals surface area contributed by atoms with E-state index in [-0.39, 0.29) is 12.5 Å². The fraction of sp³-hybridized carbons (Fsp3) is 0.462. The van der Waals surface area contributed by atoms with Crippen LogP contribution in [0, 0.1) is 29.1 Å². The van der Waals surface area contributed by atoms with E-state index in [1.807, 2.05) is 13.8 Å². The van der Waals surface area contributed by atoms with Gasteiger partial charge in [0, 0.05) is 12.5 Å². The summed E-state index contributed by atoms with van der Waals surface area (Å²) < 4.78 is 65.3. The van der Waals surface area contributed by atoms with E-state index in [9.17, 15) is 26.7 Å². The molecule has 0 aliphatic heterocycles. The number of rotatable bonds is 6. The van der Waals surface area contributed by atoms with Crippen molar-refractivity contribution in [3.05, 3.63) is 29.1 Å². The summed E-state index contributed by atoms with van der Waals surface area (Å²) in [5.41, 5.74) is -1.33. The van der Waals surface area contributed by atoms with Gasteiger partial charge in [-0.25, -0.2) is 22.0 Å². The minimum Gasteiger partial charge on any atom is -0.321 e. The van der Waals surface area contributed by atoms with Crippen LogP contribution in [0.25, 0.3) is 0 Å². The van der Waals surface area contributed by atoms with Crippen molar-refractivity contribution in [2.75, 3.05) is 11.9 Å². The SMILES string of the molecule is CC(C)NCCCC(=O)Nc1c(F)c(F)c(F)c(F)c1F. The molecule has 0 radical (unpaired) electrons. The number of amides is 1. The van der Waals surface area contributed by atoms with E-state index < -0.39 is 40.7 Å². The van der Waals surface area contributed by atoms with Crippen molar-refractivity contribution < 1.29 is 26.7 Å². The van der Waals surface area contributed by atoms with Crippen LogP contribution in [0.4, 0.5) is 27.6 Å². The average Bonchev–Trinajstić information content (AvgIpc) is 2.44. The number of nitrogens with one attached hydrogen (secondary N) is 2. The van der Waals surface area contributed by atoms with E-state index in [1.54, 1.807) is 5.32 Å². The normalized spacial score (nSPS) is 11.0. The van der Waals surface area contributed by atoms with Gasteiger partial charge in [-0.2, -0.15) is 0 Å². The van der Waals surface area contributed by atoms with Crippen LogP contribution in [-0.2, 0) is 4.79 Å². The molecular weight excluding hydrogens is 295 g/mol. The fourth-order valence-corrected chi connectivity index (χ4v) is 1.56. The molecule has 3 nitrogen and oxygen atoms in total. The van der Waals surface area contributed by atoms with Crippen LogP contribution in [0.1, 0.15) is 26.7 Å². The molecule has 0 unspecified atom stereocenters. The van der Waals surface area contributed by atoms with Crippen molar-refractivity contribution in [3.63, 3.8) is 0 Å². The first-order valence-corrected chi connectivity index (χ1v) is 6.30. The summed E-state index contributed by atoms with van der Waals surface area (Å²) in [5, 5.41) is 4.73. The summed E-state index contributed by atoms with van der Waals surface area (Å²) >= 11 is 0. The van der Waals surface area contributed by atoms with Gasteiger partial charge in [0.25, 0.3) is 0 Å². The van der Waals surface area contributed by atoms with Crippen molar-refractivity contribution in [2.24, 2.45) is 0 Å². The molecule has 1 aromatic carbocycles. The van der Waals surface area contributed by atoms with Gasteiger partial charge in [-0.3, -0.25) is 4.79 Å². The van der Waals surface area contributed by atoms with Crippen molar-refractivity contribution in [2.45, 2.75) is 32.7 Å². The minimum atomic E-state index is -2.26. The third kappa shape index (κ3) is 4.38. The molecule has 0 bridgehead atoms. The Morgan fingerprint density at radius 3 is 1.90 bits per heavy atom. The molecule has 0 atom stereocenters. The van der Waals surface area contributed by atoms with Crippen LogP contribution in [0.5, 0.6) is 0 Å². The monoisotopic (exact) mass is 310 g/mol. The Hall–Kier alpha value is -1.70. The molecule has 1 amide bonds. The molecule has 0 aliphatic rings. The average molecular weight is 310 g/mol. The molecule has 1 rings (SSSR count). The summed E-state index contributed by atoms with van der Waals surface area (Å²) in [7, 11) is 0. The number of hydrogen-bond donors (Lipinski definition) is 2. The third-order valence-corrected chi connectivity index (χ3v) is 2.61. The molecule has 2 N–H and O–H groups in total. The molecule has 0 aliphatic carbocycles. The first-order valence-electron chi connectivity index (χ1n) is 6.30. The van der Waals surface area contributed by atoms with Gasteiger partial charge >= 0.3 is 0 Å². The Balaban J connectivity index is 2.73. The number of hydrogen-bond acceptors (Lipinski definition) is 2. The maximum atomic E-state index is 13.3. The topological polar surface area (TPSA) is 41.1 Å². The summed E-state index contributed by atoms with van der Waals surface area (Å²) in [5.74, 6) is -11.4. The molecule has 0 saturated heterocycles. The van der Waals surface area contributed by atoms with E-state index in [4.69, 9.17) is 0 Å². The standard InChI is InChI=1S/C13H15F5N2O/c1-6(2)19-5-3-4-7(21)20-13-11(17)9(15)8(14)10(16)12(13)18/h6,19H,3-5H2,1-2H3,(H,20,21). The lowest BCUT2D eigenvalue weighted by molar-refractivity contribution is -0.116. The first kappa shape index (κ1) is 17.4. The zero-order valence-corrected chi connectivity index (χ0v) is 11.5. The zero-order valence-electron chi connectivity index (χ0n) is 11.5. The second-order valence-electron chi connectivity index (χ2n) is 4.71. The molecule has 0 spiro atoms. The van der Waals surface area contributed by atoms with Crippen molar-refractivity contribution in [3.8, 4) is 0 Å². The highest BCUT2D eigenvalue weighted by molar-refractivity contribution is 5.91. The Morgan fingerprint density at radius 1 is 0.952 bits per heavy atom. The molecule has 0 aromatic heterocycles. The largest absolute Gasteiger partial charge is 0.321 e. The maximum Gasteiger partial charge on any atom is 0.224 e. The minimum absolute atomic E-state index is 0.112. The Kier molecular flexibility index (Phi) is 6.07. The van der Waals surface area contributed by atoms with Gasteiger partial charge in [0.15, 0.2) is 23.3 Å². The molecule has 118 valence electrons. The van der Waals surface area contributed by atoms with Gasteiger partial charge in [-0.1, -0.05) is 13.8 Å². The smallest absolute Gasteiger partial charge is 0.224 e. The summed E-state index contributed by atoms with van der Waals surface area (Å²) in [6.07, 6.45) is 0.249. The molecule has 8 heteroatoms. The predicted molar refractivity (Wildman–Crippen MR) is 67.2 cm³/mol. The molecule has 21 heavy (non-hydrogen) atoms. The van der Waals surface area contributed by atoms with Crippen molar-refractivity contribution in [1.82, 2.24) is 5.32 Å². The Morgan fingerprint density at radius 2 is 1.43 bits per heavy atom. The highest BCUT2D eigenvalue weighted by Gasteiger charge is 2.26. The van der Waals surface area contributed by atoms with E-state index >= 15 is 0 Å². The van der Waals surface area contributed by atoms with E-state index in [1.165, 1.54) is 0 Å². The van der Waals surface area contributed by atoms with E-state index in [2.05, 4.69) is 5.32 Å². The second kappa shape index (κ2) is 7.35. The van der Waals surface area contributed by atoms with Crippen LogP contribution in [0.15, 0.2) is 0 Å². The Bertz CT molecular complexity index is 505. The van der Waals surface area contributed by atoms with Crippen molar-refractivity contribution in [1.29, 1.82) is 0 Å². The van der Waals surface area contributed by atoms with E-state index in [0.717, 1.165) is 0 Å². The van der Waals surface area contributed by atoms with Crippen LogP contribution in [0.2, 0.25) is 0 Å². The van der Waals surface area contributed by atoms with Gasteiger partial charge in [0.2, 0.25) is 11.7 Å². The second-order valence-corrected chi connectivity index (χ2v) is 4.71. The quantitative estimate of drug-likeness (QED) is 0.367. The van der Waals surface area contributed by atoms with Gasteiger partial charge in [0.1, 0.15) is 5.69 Å². The summed E-state index contributed by atoms with van der Waals surface area (Å²) in [4.78, 5) is 11.5. The van der Waals surface area contributed by atoms with Crippen LogP contribution >= 0.6 is 0 Å². The lowest BCUT2D eigenvalue weighted by atomic mass is 10.2.